The number of pyridine rings is 1. The van der Waals surface area contributed by atoms with E-state index in [4.69, 9.17) is 5.73 Å². The molecule has 2 aromatic rings. The molecule has 0 saturated heterocycles. The average molecular weight is 243 g/mol. The molecular formula is C15H21N3. The van der Waals surface area contributed by atoms with Gasteiger partial charge in [-0.05, 0) is 37.4 Å². The maximum absolute atomic E-state index is 5.61. The quantitative estimate of drug-likeness (QED) is 0.767. The second-order valence-electron chi connectivity index (χ2n) is 4.79. The van der Waals surface area contributed by atoms with Gasteiger partial charge in [0.05, 0.1) is 5.52 Å². The van der Waals surface area contributed by atoms with E-state index in [1.165, 1.54) is 17.5 Å². The van der Waals surface area contributed by atoms with Crippen LogP contribution in [-0.4, -0.2) is 18.1 Å². The number of nitrogens with one attached hydrogen (secondary N) is 1. The Morgan fingerprint density at radius 3 is 2.94 bits per heavy atom. The third-order valence-electron chi connectivity index (χ3n) is 3.24. The molecule has 0 spiro atoms. The summed E-state index contributed by atoms with van der Waals surface area (Å²) in [5.41, 5.74) is 7.82. The standard InChI is InChI=1S/C15H21N3/c1-12(11-16)5-4-9-17-15-8-10-18-14-7-3-2-6-13(14)15/h2-3,6-8,10,12H,4-5,9,11,16H2,1H3,(H,17,18). The average Bonchev–Trinajstić information content (AvgIpc) is 2.43. The van der Waals surface area contributed by atoms with Crippen molar-refractivity contribution < 1.29 is 0 Å². The molecule has 96 valence electrons. The maximum atomic E-state index is 5.61. The summed E-state index contributed by atoms with van der Waals surface area (Å²) in [5, 5.41) is 4.67. The zero-order valence-electron chi connectivity index (χ0n) is 10.9. The van der Waals surface area contributed by atoms with Crippen molar-refractivity contribution in [2.45, 2.75) is 19.8 Å². The van der Waals surface area contributed by atoms with E-state index >= 15 is 0 Å². The molecule has 0 amide bonds. The van der Waals surface area contributed by atoms with Gasteiger partial charge in [0.1, 0.15) is 0 Å². The number of anilines is 1. The Balaban J connectivity index is 1.95. The summed E-state index contributed by atoms with van der Waals surface area (Å²) >= 11 is 0. The largest absolute Gasteiger partial charge is 0.384 e. The molecule has 1 heterocycles. The zero-order chi connectivity index (χ0) is 12.8. The van der Waals surface area contributed by atoms with Gasteiger partial charge in [0.15, 0.2) is 0 Å². The first kappa shape index (κ1) is 12.8. The van der Waals surface area contributed by atoms with Crippen molar-refractivity contribution in [3.8, 4) is 0 Å². The van der Waals surface area contributed by atoms with E-state index in [2.05, 4.69) is 23.3 Å². The Hall–Kier alpha value is -1.61. The molecule has 1 unspecified atom stereocenters. The smallest absolute Gasteiger partial charge is 0.0722 e. The monoisotopic (exact) mass is 243 g/mol. The molecule has 3 N–H and O–H groups in total. The maximum Gasteiger partial charge on any atom is 0.0722 e. The lowest BCUT2D eigenvalue weighted by atomic mass is 10.1. The number of hydrogen-bond donors (Lipinski definition) is 2. The Labute approximate surface area is 108 Å². The van der Waals surface area contributed by atoms with Gasteiger partial charge in [-0.1, -0.05) is 25.1 Å². The molecule has 0 bridgehead atoms. The Morgan fingerprint density at radius 2 is 2.11 bits per heavy atom. The van der Waals surface area contributed by atoms with Gasteiger partial charge in [0, 0.05) is 23.8 Å². The van der Waals surface area contributed by atoms with Crippen LogP contribution < -0.4 is 11.1 Å². The molecule has 0 aliphatic carbocycles. The molecular weight excluding hydrogens is 222 g/mol. The van der Waals surface area contributed by atoms with Gasteiger partial charge in [-0.25, -0.2) is 0 Å². The lowest BCUT2D eigenvalue weighted by molar-refractivity contribution is 0.529. The minimum absolute atomic E-state index is 0.612. The van der Waals surface area contributed by atoms with Crippen LogP contribution in [-0.2, 0) is 0 Å². The first-order valence-electron chi connectivity index (χ1n) is 6.59. The third-order valence-corrected chi connectivity index (χ3v) is 3.24. The van der Waals surface area contributed by atoms with Crippen LogP contribution >= 0.6 is 0 Å². The fraction of sp³-hybridized carbons (Fsp3) is 0.400. The Morgan fingerprint density at radius 1 is 1.28 bits per heavy atom. The molecule has 2 rings (SSSR count). The van der Waals surface area contributed by atoms with Gasteiger partial charge in [0.25, 0.3) is 0 Å². The minimum Gasteiger partial charge on any atom is -0.384 e. The minimum atomic E-state index is 0.612. The van der Waals surface area contributed by atoms with E-state index < -0.39 is 0 Å². The molecule has 3 nitrogen and oxygen atoms in total. The molecule has 0 aliphatic rings. The number of para-hydroxylation sites is 1. The SMILES string of the molecule is CC(CN)CCCNc1ccnc2ccccc12. The summed E-state index contributed by atoms with van der Waals surface area (Å²) in [6.07, 6.45) is 4.18. The fourth-order valence-electron chi connectivity index (χ4n) is 2.04. The highest BCUT2D eigenvalue weighted by molar-refractivity contribution is 5.90. The number of aromatic nitrogens is 1. The van der Waals surface area contributed by atoms with Crippen LogP contribution in [0.2, 0.25) is 0 Å². The Bertz CT molecular complexity index is 491. The van der Waals surface area contributed by atoms with Gasteiger partial charge >= 0.3 is 0 Å². The van der Waals surface area contributed by atoms with Gasteiger partial charge in [-0.3, -0.25) is 4.98 Å². The van der Waals surface area contributed by atoms with Crippen molar-refractivity contribution in [2.75, 3.05) is 18.4 Å². The molecule has 1 aromatic heterocycles. The molecule has 18 heavy (non-hydrogen) atoms. The number of nitrogens with zero attached hydrogens (tertiary/aromatic N) is 1. The van der Waals surface area contributed by atoms with Crippen LogP contribution in [0.3, 0.4) is 0 Å². The molecule has 0 radical (unpaired) electrons. The lowest BCUT2D eigenvalue weighted by Gasteiger charge is -2.11. The third kappa shape index (κ3) is 3.20. The highest BCUT2D eigenvalue weighted by Gasteiger charge is 2.01. The Kier molecular flexibility index (Phi) is 4.53. The van der Waals surface area contributed by atoms with Crippen molar-refractivity contribution in [1.29, 1.82) is 0 Å². The summed E-state index contributed by atoms with van der Waals surface area (Å²) in [5.74, 6) is 0.612. The highest BCUT2D eigenvalue weighted by Crippen LogP contribution is 2.20. The number of fused-ring (bicyclic) bond motifs is 1. The topological polar surface area (TPSA) is 50.9 Å². The predicted octanol–water partition coefficient (Wildman–Crippen LogP) is 3.02. The van der Waals surface area contributed by atoms with Crippen molar-refractivity contribution >= 4 is 16.6 Å². The number of hydrogen-bond acceptors (Lipinski definition) is 3. The van der Waals surface area contributed by atoms with Crippen molar-refractivity contribution in [3.05, 3.63) is 36.5 Å². The van der Waals surface area contributed by atoms with Crippen LogP contribution in [0.5, 0.6) is 0 Å². The predicted molar refractivity (Wildman–Crippen MR) is 77.7 cm³/mol. The second-order valence-corrected chi connectivity index (χ2v) is 4.79. The van der Waals surface area contributed by atoms with E-state index in [9.17, 15) is 0 Å². The van der Waals surface area contributed by atoms with Crippen molar-refractivity contribution in [2.24, 2.45) is 11.7 Å². The van der Waals surface area contributed by atoms with Gasteiger partial charge in [-0.2, -0.15) is 0 Å². The second kappa shape index (κ2) is 6.36. The van der Waals surface area contributed by atoms with Crippen molar-refractivity contribution in [3.63, 3.8) is 0 Å². The van der Waals surface area contributed by atoms with E-state index in [0.29, 0.717) is 5.92 Å². The summed E-state index contributed by atoms with van der Waals surface area (Å²) in [6.45, 7) is 3.96. The summed E-state index contributed by atoms with van der Waals surface area (Å²) in [4.78, 5) is 4.36. The van der Waals surface area contributed by atoms with Gasteiger partial charge < -0.3 is 11.1 Å². The molecule has 3 heteroatoms. The summed E-state index contributed by atoms with van der Waals surface area (Å²) in [6, 6.07) is 10.2. The van der Waals surface area contributed by atoms with Crippen LogP contribution in [0.4, 0.5) is 5.69 Å². The summed E-state index contributed by atoms with van der Waals surface area (Å²) in [7, 11) is 0. The van der Waals surface area contributed by atoms with Gasteiger partial charge in [0.2, 0.25) is 0 Å². The molecule has 1 aromatic carbocycles. The summed E-state index contributed by atoms with van der Waals surface area (Å²) < 4.78 is 0. The first-order valence-corrected chi connectivity index (χ1v) is 6.59. The van der Waals surface area contributed by atoms with E-state index in [-0.39, 0.29) is 0 Å². The van der Waals surface area contributed by atoms with Crippen LogP contribution in [0.25, 0.3) is 10.9 Å². The molecule has 1 atom stereocenters. The van der Waals surface area contributed by atoms with Crippen LogP contribution in [0.1, 0.15) is 19.8 Å². The molecule has 0 aliphatic heterocycles. The van der Waals surface area contributed by atoms with Crippen LogP contribution in [0, 0.1) is 5.92 Å². The first-order chi connectivity index (χ1) is 8.81. The van der Waals surface area contributed by atoms with Crippen LogP contribution in [0.15, 0.2) is 36.5 Å². The van der Waals surface area contributed by atoms with Crippen molar-refractivity contribution in [1.82, 2.24) is 4.98 Å². The number of nitrogens with two attached hydrogens (primary N) is 1. The van der Waals surface area contributed by atoms with E-state index in [1.807, 2.05) is 30.5 Å². The van der Waals surface area contributed by atoms with E-state index in [1.54, 1.807) is 0 Å². The molecule has 0 fully saturated rings. The zero-order valence-corrected chi connectivity index (χ0v) is 10.9. The molecule has 0 saturated carbocycles. The number of benzene rings is 1. The lowest BCUT2D eigenvalue weighted by Crippen LogP contribution is -2.12. The highest BCUT2D eigenvalue weighted by atomic mass is 14.9. The van der Waals surface area contributed by atoms with E-state index in [0.717, 1.165) is 25.0 Å². The normalized spacial score (nSPS) is 12.6. The fourth-order valence-corrected chi connectivity index (χ4v) is 2.04. The van der Waals surface area contributed by atoms with Gasteiger partial charge in [-0.15, -0.1) is 0 Å². The number of rotatable bonds is 6.